The van der Waals surface area contributed by atoms with Crippen LogP contribution < -0.4 is 10.6 Å². The van der Waals surface area contributed by atoms with Gasteiger partial charge in [-0.2, -0.15) is 0 Å². The third kappa shape index (κ3) is 2.79. The molecule has 4 nitrogen and oxygen atoms in total. The molecule has 1 aliphatic heterocycles. The van der Waals surface area contributed by atoms with Gasteiger partial charge in [-0.15, -0.1) is 0 Å². The molecule has 0 aliphatic carbocycles. The first-order valence-corrected chi connectivity index (χ1v) is 4.32. The highest BCUT2D eigenvalue weighted by Crippen LogP contribution is 2.10. The van der Waals surface area contributed by atoms with Gasteiger partial charge in [-0.1, -0.05) is 0 Å². The van der Waals surface area contributed by atoms with E-state index in [0.29, 0.717) is 12.5 Å². The lowest BCUT2D eigenvalue weighted by atomic mass is 10.0. The van der Waals surface area contributed by atoms with Crippen LogP contribution >= 0.6 is 0 Å². The molecular formula is C8H17N3O. The summed E-state index contributed by atoms with van der Waals surface area (Å²) < 4.78 is 0. The molecule has 0 radical (unpaired) electrons. The molecular weight excluding hydrogens is 154 g/mol. The van der Waals surface area contributed by atoms with Crippen molar-refractivity contribution in [3.63, 3.8) is 0 Å². The molecule has 12 heavy (non-hydrogen) atoms. The fraction of sp³-hybridized carbons (Fsp3) is 0.875. The molecule has 1 heterocycles. The standard InChI is InChI=1S/C8H17N3O/c1-9-4-8(12)10-3-7-5-11(2)6-7/h7,9H,3-6H2,1-2H3,(H,10,12). The van der Waals surface area contributed by atoms with Gasteiger partial charge < -0.3 is 15.5 Å². The topological polar surface area (TPSA) is 44.4 Å². The molecule has 70 valence electrons. The molecule has 0 spiro atoms. The largest absolute Gasteiger partial charge is 0.355 e. The van der Waals surface area contributed by atoms with Crippen molar-refractivity contribution in [1.82, 2.24) is 15.5 Å². The summed E-state index contributed by atoms with van der Waals surface area (Å²) in [7, 11) is 3.86. The smallest absolute Gasteiger partial charge is 0.233 e. The van der Waals surface area contributed by atoms with E-state index in [0.717, 1.165) is 19.6 Å². The minimum Gasteiger partial charge on any atom is -0.355 e. The summed E-state index contributed by atoms with van der Waals surface area (Å²) in [4.78, 5) is 13.2. The van der Waals surface area contributed by atoms with Gasteiger partial charge in [-0.05, 0) is 14.1 Å². The van der Waals surface area contributed by atoms with E-state index < -0.39 is 0 Å². The van der Waals surface area contributed by atoms with Crippen molar-refractivity contribution in [2.75, 3.05) is 40.3 Å². The van der Waals surface area contributed by atoms with Crippen LogP contribution in [0.15, 0.2) is 0 Å². The molecule has 0 aromatic heterocycles. The zero-order chi connectivity index (χ0) is 8.97. The number of amides is 1. The minimum absolute atomic E-state index is 0.0899. The highest BCUT2D eigenvalue weighted by atomic mass is 16.1. The summed E-state index contributed by atoms with van der Waals surface area (Å²) in [5, 5.41) is 5.69. The van der Waals surface area contributed by atoms with Crippen molar-refractivity contribution in [3.05, 3.63) is 0 Å². The van der Waals surface area contributed by atoms with E-state index in [2.05, 4.69) is 22.6 Å². The number of hydrogen-bond acceptors (Lipinski definition) is 3. The van der Waals surface area contributed by atoms with Gasteiger partial charge in [0.25, 0.3) is 0 Å². The number of likely N-dealkylation sites (tertiary alicyclic amines) is 1. The van der Waals surface area contributed by atoms with Crippen LogP contribution in [0.5, 0.6) is 0 Å². The molecule has 0 aromatic carbocycles. The van der Waals surface area contributed by atoms with Crippen molar-refractivity contribution in [2.24, 2.45) is 5.92 Å². The molecule has 1 rings (SSSR count). The van der Waals surface area contributed by atoms with Gasteiger partial charge in [0.1, 0.15) is 0 Å². The quantitative estimate of drug-likeness (QED) is 0.563. The number of nitrogens with one attached hydrogen (secondary N) is 2. The van der Waals surface area contributed by atoms with E-state index in [4.69, 9.17) is 0 Å². The number of nitrogens with zero attached hydrogens (tertiary/aromatic N) is 1. The second kappa shape index (κ2) is 4.42. The number of rotatable bonds is 4. The molecule has 0 unspecified atom stereocenters. The van der Waals surface area contributed by atoms with Crippen LogP contribution in [0.2, 0.25) is 0 Å². The second-order valence-corrected chi connectivity index (χ2v) is 3.42. The third-order valence-electron chi connectivity index (χ3n) is 2.06. The first-order chi connectivity index (χ1) is 5.72. The third-order valence-corrected chi connectivity index (χ3v) is 2.06. The highest BCUT2D eigenvalue weighted by molar-refractivity contribution is 5.77. The summed E-state index contributed by atoms with van der Waals surface area (Å²) in [5.74, 6) is 0.753. The molecule has 0 atom stereocenters. The zero-order valence-electron chi connectivity index (χ0n) is 7.76. The van der Waals surface area contributed by atoms with Gasteiger partial charge in [0.15, 0.2) is 0 Å². The van der Waals surface area contributed by atoms with Gasteiger partial charge in [-0.3, -0.25) is 4.79 Å². The van der Waals surface area contributed by atoms with E-state index in [1.807, 2.05) is 0 Å². The lowest BCUT2D eigenvalue weighted by molar-refractivity contribution is -0.120. The fourth-order valence-corrected chi connectivity index (χ4v) is 1.44. The van der Waals surface area contributed by atoms with Crippen molar-refractivity contribution >= 4 is 5.91 Å². The van der Waals surface area contributed by atoms with E-state index in [1.165, 1.54) is 0 Å². The number of carbonyl (C=O) groups is 1. The van der Waals surface area contributed by atoms with E-state index >= 15 is 0 Å². The van der Waals surface area contributed by atoms with Crippen LogP contribution in [0.1, 0.15) is 0 Å². The van der Waals surface area contributed by atoms with Crippen LogP contribution in [-0.4, -0.2) is 51.1 Å². The van der Waals surface area contributed by atoms with Gasteiger partial charge in [0.2, 0.25) is 5.91 Å². The first-order valence-electron chi connectivity index (χ1n) is 4.32. The molecule has 0 aromatic rings. The van der Waals surface area contributed by atoms with Crippen molar-refractivity contribution in [2.45, 2.75) is 0 Å². The van der Waals surface area contributed by atoms with E-state index in [9.17, 15) is 4.79 Å². The Morgan fingerprint density at radius 1 is 1.58 bits per heavy atom. The summed E-state index contributed by atoms with van der Waals surface area (Å²) >= 11 is 0. The SMILES string of the molecule is CNCC(=O)NCC1CN(C)C1. The maximum absolute atomic E-state index is 11.0. The molecule has 1 saturated heterocycles. The highest BCUT2D eigenvalue weighted by Gasteiger charge is 2.22. The molecule has 1 fully saturated rings. The fourth-order valence-electron chi connectivity index (χ4n) is 1.44. The monoisotopic (exact) mass is 171 g/mol. The van der Waals surface area contributed by atoms with Crippen LogP contribution in [0, 0.1) is 5.92 Å². The summed E-state index contributed by atoms with van der Waals surface area (Å²) in [6.45, 7) is 3.47. The van der Waals surface area contributed by atoms with Crippen LogP contribution in [0.25, 0.3) is 0 Å². The van der Waals surface area contributed by atoms with Crippen LogP contribution in [0.4, 0.5) is 0 Å². The van der Waals surface area contributed by atoms with Crippen molar-refractivity contribution in [3.8, 4) is 0 Å². The first kappa shape index (κ1) is 9.48. The van der Waals surface area contributed by atoms with Gasteiger partial charge in [0.05, 0.1) is 6.54 Å². The van der Waals surface area contributed by atoms with Crippen molar-refractivity contribution in [1.29, 1.82) is 0 Å². The molecule has 0 bridgehead atoms. The predicted octanol–water partition coefficient (Wildman–Crippen LogP) is -1.12. The summed E-state index contributed by atoms with van der Waals surface area (Å²) in [5.41, 5.74) is 0. The molecule has 0 saturated carbocycles. The lowest BCUT2D eigenvalue weighted by Crippen LogP contribution is -2.49. The van der Waals surface area contributed by atoms with E-state index in [1.54, 1.807) is 7.05 Å². The average molecular weight is 171 g/mol. The summed E-state index contributed by atoms with van der Waals surface area (Å²) in [6.07, 6.45) is 0. The maximum atomic E-state index is 11.0. The lowest BCUT2D eigenvalue weighted by Gasteiger charge is -2.36. The molecule has 1 aliphatic rings. The molecule has 2 N–H and O–H groups in total. The Morgan fingerprint density at radius 2 is 2.25 bits per heavy atom. The van der Waals surface area contributed by atoms with Crippen molar-refractivity contribution < 1.29 is 4.79 Å². The Bertz CT molecular complexity index is 154. The Hall–Kier alpha value is -0.610. The number of likely N-dealkylation sites (N-methyl/N-ethyl adjacent to an activating group) is 1. The molecule has 1 amide bonds. The Balaban J connectivity index is 1.98. The van der Waals surface area contributed by atoms with Gasteiger partial charge >= 0.3 is 0 Å². The summed E-state index contributed by atoms with van der Waals surface area (Å²) in [6, 6.07) is 0. The van der Waals surface area contributed by atoms with Crippen LogP contribution in [-0.2, 0) is 4.79 Å². The second-order valence-electron chi connectivity index (χ2n) is 3.42. The average Bonchev–Trinajstić information content (AvgIpc) is 1.96. The Kier molecular flexibility index (Phi) is 3.49. The Labute approximate surface area is 73.3 Å². The number of hydrogen-bond donors (Lipinski definition) is 2. The molecule has 4 heteroatoms. The van der Waals surface area contributed by atoms with Gasteiger partial charge in [0, 0.05) is 25.6 Å². The van der Waals surface area contributed by atoms with E-state index in [-0.39, 0.29) is 5.91 Å². The predicted molar refractivity (Wildman–Crippen MR) is 47.9 cm³/mol. The maximum Gasteiger partial charge on any atom is 0.233 e. The Morgan fingerprint density at radius 3 is 2.75 bits per heavy atom. The zero-order valence-corrected chi connectivity index (χ0v) is 7.76. The van der Waals surface area contributed by atoms with Gasteiger partial charge in [-0.25, -0.2) is 0 Å². The number of carbonyl (C=O) groups excluding carboxylic acids is 1. The normalized spacial score (nSPS) is 18.8. The minimum atomic E-state index is 0.0899. The van der Waals surface area contributed by atoms with Crippen LogP contribution in [0.3, 0.4) is 0 Å².